The Bertz CT molecular complexity index is 329. The number of rotatable bonds is 4. The van der Waals surface area contributed by atoms with Crippen LogP contribution in [0.3, 0.4) is 0 Å². The molecule has 0 aliphatic heterocycles. The molecule has 15 heavy (non-hydrogen) atoms. The molecule has 1 saturated carbocycles. The predicted molar refractivity (Wildman–Crippen MR) is 63.0 cm³/mol. The second-order valence-electron chi connectivity index (χ2n) is 4.33. The molecule has 0 aromatic heterocycles. The first-order chi connectivity index (χ1) is 7.15. The van der Waals surface area contributed by atoms with Crippen molar-refractivity contribution in [1.29, 1.82) is 0 Å². The van der Waals surface area contributed by atoms with Crippen molar-refractivity contribution in [1.82, 2.24) is 0 Å². The lowest BCUT2D eigenvalue weighted by atomic mass is 10.0. The van der Waals surface area contributed by atoms with Crippen molar-refractivity contribution in [2.75, 3.05) is 0 Å². The van der Waals surface area contributed by atoms with Crippen molar-refractivity contribution >= 4 is 15.9 Å². The molecule has 0 bridgehead atoms. The summed E-state index contributed by atoms with van der Waals surface area (Å²) >= 11 is 3.28. The topological polar surface area (TPSA) is 26.0 Å². The zero-order chi connectivity index (χ0) is 10.8. The van der Waals surface area contributed by atoms with Crippen LogP contribution in [-0.2, 0) is 0 Å². The first-order valence-electron chi connectivity index (χ1n) is 5.37. The van der Waals surface area contributed by atoms with Gasteiger partial charge in [-0.05, 0) is 42.5 Å². The first kappa shape index (κ1) is 11.1. The molecule has 1 aromatic rings. The summed E-state index contributed by atoms with van der Waals surface area (Å²) in [7, 11) is 0. The fraction of sp³-hybridized carbons (Fsp3) is 0.500. The molecule has 1 aliphatic carbocycles. The molecule has 1 aromatic carbocycles. The standard InChI is InChI=1S/C12H15BrFN/c13-10-5-9(6-11(14)7-10)12(15)4-3-8-1-2-8/h5-8,12H,1-4,15H2. The fourth-order valence-electron chi connectivity index (χ4n) is 1.78. The lowest BCUT2D eigenvalue weighted by molar-refractivity contribution is 0.567. The summed E-state index contributed by atoms with van der Waals surface area (Å²) in [6.07, 6.45) is 4.83. The molecule has 2 rings (SSSR count). The molecule has 1 unspecified atom stereocenters. The summed E-state index contributed by atoms with van der Waals surface area (Å²) in [5, 5.41) is 0. The molecule has 2 N–H and O–H groups in total. The minimum absolute atomic E-state index is 0.0300. The van der Waals surface area contributed by atoms with Gasteiger partial charge in [0.1, 0.15) is 5.82 Å². The van der Waals surface area contributed by atoms with Gasteiger partial charge < -0.3 is 5.73 Å². The average Bonchev–Trinajstić information content (AvgIpc) is 2.96. The van der Waals surface area contributed by atoms with Gasteiger partial charge in [0.2, 0.25) is 0 Å². The van der Waals surface area contributed by atoms with Gasteiger partial charge in [-0.1, -0.05) is 28.8 Å². The van der Waals surface area contributed by atoms with E-state index in [4.69, 9.17) is 5.73 Å². The van der Waals surface area contributed by atoms with Crippen LogP contribution in [0.2, 0.25) is 0 Å². The lowest BCUT2D eigenvalue weighted by Crippen LogP contribution is -2.10. The SMILES string of the molecule is NC(CCC1CC1)c1cc(F)cc(Br)c1. The Morgan fingerprint density at radius 3 is 2.73 bits per heavy atom. The van der Waals surface area contributed by atoms with Gasteiger partial charge in [0, 0.05) is 10.5 Å². The number of benzene rings is 1. The maximum Gasteiger partial charge on any atom is 0.124 e. The minimum atomic E-state index is -0.221. The van der Waals surface area contributed by atoms with Crippen molar-refractivity contribution in [2.24, 2.45) is 11.7 Å². The largest absolute Gasteiger partial charge is 0.324 e. The van der Waals surface area contributed by atoms with Gasteiger partial charge in [-0.2, -0.15) is 0 Å². The van der Waals surface area contributed by atoms with Crippen LogP contribution in [0, 0.1) is 11.7 Å². The molecule has 0 radical (unpaired) electrons. The Labute approximate surface area is 98.0 Å². The van der Waals surface area contributed by atoms with E-state index in [2.05, 4.69) is 15.9 Å². The number of hydrogen-bond donors (Lipinski definition) is 1. The second-order valence-corrected chi connectivity index (χ2v) is 5.25. The summed E-state index contributed by atoms with van der Waals surface area (Å²) in [5.41, 5.74) is 6.91. The average molecular weight is 272 g/mol. The Morgan fingerprint density at radius 1 is 1.40 bits per heavy atom. The van der Waals surface area contributed by atoms with Crippen molar-refractivity contribution in [3.8, 4) is 0 Å². The molecule has 3 heteroatoms. The monoisotopic (exact) mass is 271 g/mol. The van der Waals surface area contributed by atoms with Crippen LogP contribution in [0.15, 0.2) is 22.7 Å². The van der Waals surface area contributed by atoms with E-state index in [9.17, 15) is 4.39 Å². The molecule has 0 saturated heterocycles. The van der Waals surface area contributed by atoms with Gasteiger partial charge in [-0.15, -0.1) is 0 Å². The molecule has 1 fully saturated rings. The highest BCUT2D eigenvalue weighted by molar-refractivity contribution is 9.10. The second kappa shape index (κ2) is 4.62. The molecular formula is C12H15BrFN. The molecular weight excluding hydrogens is 257 g/mol. The van der Waals surface area contributed by atoms with Crippen molar-refractivity contribution < 1.29 is 4.39 Å². The number of nitrogens with two attached hydrogens (primary N) is 1. The van der Waals surface area contributed by atoms with E-state index >= 15 is 0 Å². The molecule has 1 nitrogen and oxygen atoms in total. The van der Waals surface area contributed by atoms with Crippen LogP contribution < -0.4 is 5.73 Å². The van der Waals surface area contributed by atoms with Gasteiger partial charge in [-0.25, -0.2) is 4.39 Å². The van der Waals surface area contributed by atoms with Gasteiger partial charge in [0.05, 0.1) is 0 Å². The summed E-state index contributed by atoms with van der Waals surface area (Å²) in [6.45, 7) is 0. The van der Waals surface area contributed by atoms with Crippen molar-refractivity contribution in [3.05, 3.63) is 34.1 Å². The Morgan fingerprint density at radius 2 is 2.13 bits per heavy atom. The van der Waals surface area contributed by atoms with Crippen LogP contribution in [0.1, 0.15) is 37.3 Å². The Kier molecular flexibility index (Phi) is 3.42. The van der Waals surface area contributed by atoms with Gasteiger partial charge in [0.25, 0.3) is 0 Å². The molecule has 1 aliphatic rings. The van der Waals surface area contributed by atoms with E-state index in [1.165, 1.54) is 31.4 Å². The highest BCUT2D eigenvalue weighted by Gasteiger charge is 2.22. The van der Waals surface area contributed by atoms with Gasteiger partial charge in [-0.3, -0.25) is 0 Å². The summed E-state index contributed by atoms with van der Waals surface area (Å²) in [6, 6.07) is 4.86. The predicted octanol–water partition coefficient (Wildman–Crippen LogP) is 3.78. The Balaban J connectivity index is 1.99. The van der Waals surface area contributed by atoms with E-state index < -0.39 is 0 Å². The molecule has 0 spiro atoms. The fourth-order valence-corrected chi connectivity index (χ4v) is 2.26. The maximum absolute atomic E-state index is 13.1. The van der Waals surface area contributed by atoms with E-state index in [0.717, 1.165) is 22.4 Å². The van der Waals surface area contributed by atoms with Crippen LogP contribution in [0.5, 0.6) is 0 Å². The van der Waals surface area contributed by atoms with Crippen LogP contribution in [0.25, 0.3) is 0 Å². The number of hydrogen-bond acceptors (Lipinski definition) is 1. The molecule has 0 heterocycles. The van der Waals surface area contributed by atoms with E-state index in [1.54, 1.807) is 0 Å². The highest BCUT2D eigenvalue weighted by Crippen LogP contribution is 2.35. The molecule has 0 amide bonds. The summed E-state index contributed by atoms with van der Waals surface area (Å²) in [5.74, 6) is 0.661. The summed E-state index contributed by atoms with van der Waals surface area (Å²) in [4.78, 5) is 0. The lowest BCUT2D eigenvalue weighted by Gasteiger charge is -2.12. The normalized spacial score (nSPS) is 17.8. The molecule has 1 atom stereocenters. The van der Waals surface area contributed by atoms with E-state index in [-0.39, 0.29) is 11.9 Å². The maximum atomic E-state index is 13.1. The first-order valence-corrected chi connectivity index (χ1v) is 6.16. The Hall–Kier alpha value is -0.410. The summed E-state index contributed by atoms with van der Waals surface area (Å²) < 4.78 is 13.9. The van der Waals surface area contributed by atoms with E-state index in [1.807, 2.05) is 6.07 Å². The van der Waals surface area contributed by atoms with Crippen LogP contribution >= 0.6 is 15.9 Å². The zero-order valence-corrected chi connectivity index (χ0v) is 10.1. The third-order valence-corrected chi connectivity index (χ3v) is 3.35. The van der Waals surface area contributed by atoms with E-state index in [0.29, 0.717) is 0 Å². The smallest absolute Gasteiger partial charge is 0.124 e. The van der Waals surface area contributed by atoms with Gasteiger partial charge in [0.15, 0.2) is 0 Å². The third kappa shape index (κ3) is 3.28. The van der Waals surface area contributed by atoms with Gasteiger partial charge >= 0.3 is 0 Å². The zero-order valence-electron chi connectivity index (χ0n) is 8.55. The van der Waals surface area contributed by atoms with Crippen molar-refractivity contribution in [3.63, 3.8) is 0 Å². The third-order valence-electron chi connectivity index (χ3n) is 2.90. The minimum Gasteiger partial charge on any atom is -0.324 e. The highest BCUT2D eigenvalue weighted by atomic mass is 79.9. The number of halogens is 2. The quantitative estimate of drug-likeness (QED) is 0.886. The van der Waals surface area contributed by atoms with Crippen LogP contribution in [-0.4, -0.2) is 0 Å². The van der Waals surface area contributed by atoms with Crippen LogP contribution in [0.4, 0.5) is 4.39 Å². The van der Waals surface area contributed by atoms with Crippen molar-refractivity contribution in [2.45, 2.75) is 31.7 Å². The molecule has 82 valence electrons.